The van der Waals surface area contributed by atoms with E-state index in [2.05, 4.69) is 15.6 Å². The van der Waals surface area contributed by atoms with E-state index in [0.717, 1.165) is 34.5 Å². The number of ether oxygens (including phenoxy) is 1. The maximum absolute atomic E-state index is 13.7. The maximum atomic E-state index is 13.7. The van der Waals surface area contributed by atoms with Crippen molar-refractivity contribution in [1.82, 2.24) is 20.5 Å². The fourth-order valence-corrected chi connectivity index (χ4v) is 5.97. The number of carbonyl (C=O) groups is 4. The van der Waals surface area contributed by atoms with Crippen LogP contribution in [0.1, 0.15) is 83.9 Å². The zero-order valence-corrected chi connectivity index (χ0v) is 26.8. The third-order valence-electron chi connectivity index (χ3n) is 7.55. The lowest BCUT2D eigenvalue weighted by molar-refractivity contribution is -0.144. The van der Waals surface area contributed by atoms with Gasteiger partial charge in [0.2, 0.25) is 17.7 Å². The van der Waals surface area contributed by atoms with Gasteiger partial charge in [-0.1, -0.05) is 57.9 Å². The first-order valence-corrected chi connectivity index (χ1v) is 16.0. The van der Waals surface area contributed by atoms with E-state index in [1.54, 1.807) is 18.3 Å². The second kappa shape index (κ2) is 16.0. The van der Waals surface area contributed by atoms with Crippen LogP contribution in [0.5, 0.6) is 0 Å². The summed E-state index contributed by atoms with van der Waals surface area (Å²) in [7, 11) is 0. The van der Waals surface area contributed by atoms with Gasteiger partial charge in [-0.15, -0.1) is 11.3 Å². The predicted molar refractivity (Wildman–Crippen MR) is 166 cm³/mol. The summed E-state index contributed by atoms with van der Waals surface area (Å²) in [6.45, 7) is 10.0. The molecule has 0 radical (unpaired) electrons. The van der Waals surface area contributed by atoms with Crippen LogP contribution < -0.4 is 10.6 Å². The molecule has 43 heavy (non-hydrogen) atoms. The molecule has 236 valence electrons. The number of benzene rings is 1. The maximum Gasteiger partial charge on any atom is 0.305 e. The molecule has 0 bridgehead atoms. The van der Waals surface area contributed by atoms with Crippen LogP contribution >= 0.6 is 11.3 Å². The summed E-state index contributed by atoms with van der Waals surface area (Å²) in [5.41, 5.74) is 4.16. The van der Waals surface area contributed by atoms with Gasteiger partial charge in [0.25, 0.3) is 0 Å². The minimum absolute atomic E-state index is 0.0305. The topological polar surface area (TPSA) is 138 Å². The van der Waals surface area contributed by atoms with Gasteiger partial charge < -0.3 is 25.4 Å². The number of aliphatic hydroxyl groups is 1. The Morgan fingerprint density at radius 1 is 1.09 bits per heavy atom. The van der Waals surface area contributed by atoms with Crippen molar-refractivity contribution < 1.29 is 29.0 Å². The van der Waals surface area contributed by atoms with Crippen molar-refractivity contribution in [3.8, 4) is 10.4 Å². The Bertz CT molecular complexity index is 1240. The predicted octanol–water partition coefficient (Wildman–Crippen LogP) is 4.13. The van der Waals surface area contributed by atoms with E-state index in [0.29, 0.717) is 25.9 Å². The Hall–Kier alpha value is -3.31. The smallest absolute Gasteiger partial charge is 0.305 e. The summed E-state index contributed by atoms with van der Waals surface area (Å²) in [6.07, 6.45) is 2.88. The lowest BCUT2D eigenvalue weighted by atomic mass is 9.85. The summed E-state index contributed by atoms with van der Waals surface area (Å²) in [5, 5.41) is 16.2. The highest BCUT2D eigenvalue weighted by Gasteiger charge is 2.44. The van der Waals surface area contributed by atoms with Crippen molar-refractivity contribution >= 4 is 35.0 Å². The van der Waals surface area contributed by atoms with Crippen LogP contribution in [-0.4, -0.2) is 70.0 Å². The fraction of sp³-hybridized carbons (Fsp3) is 0.594. The number of likely N-dealkylation sites (tertiary alicyclic amines) is 1. The van der Waals surface area contributed by atoms with Crippen molar-refractivity contribution in [2.75, 3.05) is 13.2 Å². The highest BCUT2D eigenvalue weighted by atomic mass is 32.1. The normalized spacial score (nSPS) is 17.4. The summed E-state index contributed by atoms with van der Waals surface area (Å²) in [5.74, 6) is -1.16. The van der Waals surface area contributed by atoms with E-state index in [1.807, 2.05) is 57.5 Å². The number of nitrogens with zero attached hydrogens (tertiary/aromatic N) is 2. The molecule has 1 saturated heterocycles. The Morgan fingerprint density at radius 3 is 2.37 bits per heavy atom. The quantitative estimate of drug-likeness (QED) is 0.215. The molecule has 3 amide bonds. The Morgan fingerprint density at radius 2 is 1.77 bits per heavy atom. The summed E-state index contributed by atoms with van der Waals surface area (Å²) < 4.78 is 4.93. The molecule has 2 heterocycles. The lowest BCUT2D eigenvalue weighted by Gasteiger charge is -2.35. The molecule has 1 fully saturated rings. The van der Waals surface area contributed by atoms with Crippen molar-refractivity contribution in [2.45, 2.75) is 104 Å². The van der Waals surface area contributed by atoms with Crippen LogP contribution in [-0.2, 0) is 30.5 Å². The number of rotatable bonds is 14. The molecule has 0 spiro atoms. The number of carbonyl (C=O) groups excluding carboxylic acids is 4. The van der Waals surface area contributed by atoms with Crippen LogP contribution in [0.3, 0.4) is 0 Å². The van der Waals surface area contributed by atoms with Gasteiger partial charge in [0.05, 0.1) is 28.8 Å². The van der Waals surface area contributed by atoms with E-state index in [1.165, 1.54) is 4.90 Å². The van der Waals surface area contributed by atoms with Gasteiger partial charge in [-0.05, 0) is 43.2 Å². The number of β-amino-alcohol motifs (C(OH)–C–C–N with tert-alkyl or cyclic N) is 1. The monoisotopic (exact) mass is 614 g/mol. The fourth-order valence-electron chi connectivity index (χ4n) is 5.16. The Balaban J connectivity index is 1.54. The minimum atomic E-state index is -0.854. The molecule has 1 aromatic heterocycles. The number of amides is 3. The zero-order valence-electron chi connectivity index (χ0n) is 26.0. The number of thiazole rings is 1. The molecule has 0 saturated carbocycles. The minimum Gasteiger partial charge on any atom is -0.466 e. The highest BCUT2D eigenvalue weighted by Crippen LogP contribution is 2.28. The first-order chi connectivity index (χ1) is 20.4. The van der Waals surface area contributed by atoms with Crippen molar-refractivity contribution in [2.24, 2.45) is 5.41 Å². The molecule has 1 aliphatic rings. The molecule has 3 atom stereocenters. The van der Waals surface area contributed by atoms with Gasteiger partial charge in [0.15, 0.2) is 0 Å². The molecular formula is C32H46N4O6S. The average Bonchev–Trinajstić information content (AvgIpc) is 3.57. The number of esters is 1. The van der Waals surface area contributed by atoms with E-state index < -0.39 is 23.6 Å². The first kappa shape index (κ1) is 34.2. The van der Waals surface area contributed by atoms with Crippen LogP contribution in [0.4, 0.5) is 0 Å². The highest BCUT2D eigenvalue weighted by molar-refractivity contribution is 7.13. The number of unbranched alkanes of at least 4 members (excludes halogenated alkanes) is 3. The van der Waals surface area contributed by atoms with Gasteiger partial charge in [-0.2, -0.15) is 0 Å². The molecule has 0 aliphatic carbocycles. The molecule has 11 heteroatoms. The van der Waals surface area contributed by atoms with E-state index in [-0.39, 0.29) is 49.6 Å². The van der Waals surface area contributed by atoms with E-state index >= 15 is 0 Å². The number of hydrogen-bond acceptors (Lipinski definition) is 8. The standard InChI is InChI=1S/C32H46N4O6S/c1-6-42-27(39)12-10-8-7-9-11-26(38)35-29(32(3,4)5)31(41)36-19-24(37)17-25(36)30(40)33-18-22-13-15-23(16-14-22)28-21(2)34-20-43-28/h13-16,20,24-25,29,37H,6-12,17-19H2,1-5H3,(H,33,40)(H,35,38)/t24-,25+,29-/m1/s1. The summed E-state index contributed by atoms with van der Waals surface area (Å²) >= 11 is 1.58. The number of aryl methyl sites for hydroxylation is 1. The molecule has 0 unspecified atom stereocenters. The van der Waals surface area contributed by atoms with Crippen LogP contribution in [0.15, 0.2) is 29.8 Å². The van der Waals surface area contributed by atoms with Gasteiger partial charge >= 0.3 is 5.97 Å². The van der Waals surface area contributed by atoms with Gasteiger partial charge in [0, 0.05) is 32.4 Å². The van der Waals surface area contributed by atoms with Gasteiger partial charge in [-0.25, -0.2) is 4.98 Å². The number of aliphatic hydroxyl groups excluding tert-OH is 1. The Kier molecular flexibility index (Phi) is 12.7. The SMILES string of the molecule is CCOC(=O)CCCCCCC(=O)N[C@H](C(=O)N1C[C@H](O)C[C@H]1C(=O)NCc1ccc(-c2scnc2C)cc1)C(C)(C)C. The molecule has 3 rings (SSSR count). The van der Waals surface area contributed by atoms with Gasteiger partial charge in [0.1, 0.15) is 12.1 Å². The number of aromatic nitrogens is 1. The lowest BCUT2D eigenvalue weighted by Crippen LogP contribution is -2.57. The largest absolute Gasteiger partial charge is 0.466 e. The summed E-state index contributed by atoms with van der Waals surface area (Å²) in [4.78, 5) is 58.1. The second-order valence-electron chi connectivity index (χ2n) is 12.2. The molecule has 1 aromatic carbocycles. The molecule has 10 nitrogen and oxygen atoms in total. The van der Waals surface area contributed by atoms with E-state index in [4.69, 9.17) is 4.74 Å². The van der Waals surface area contributed by atoms with Crippen LogP contribution in [0.25, 0.3) is 10.4 Å². The van der Waals surface area contributed by atoms with Crippen molar-refractivity contribution in [3.63, 3.8) is 0 Å². The molecule has 3 N–H and O–H groups in total. The molecular weight excluding hydrogens is 568 g/mol. The van der Waals surface area contributed by atoms with Gasteiger partial charge in [-0.3, -0.25) is 19.2 Å². The van der Waals surface area contributed by atoms with Crippen molar-refractivity contribution in [1.29, 1.82) is 0 Å². The average molecular weight is 615 g/mol. The van der Waals surface area contributed by atoms with E-state index in [9.17, 15) is 24.3 Å². The number of hydrogen-bond donors (Lipinski definition) is 3. The zero-order chi connectivity index (χ0) is 31.6. The second-order valence-corrected chi connectivity index (χ2v) is 13.0. The third-order valence-corrected chi connectivity index (χ3v) is 8.53. The molecule has 1 aliphatic heterocycles. The van der Waals surface area contributed by atoms with Crippen LogP contribution in [0.2, 0.25) is 0 Å². The van der Waals surface area contributed by atoms with Crippen molar-refractivity contribution in [3.05, 3.63) is 41.0 Å². The summed E-state index contributed by atoms with van der Waals surface area (Å²) in [6, 6.07) is 6.21. The molecule has 2 aromatic rings. The number of nitrogens with one attached hydrogen (secondary N) is 2. The Labute approximate surface area is 258 Å². The third kappa shape index (κ3) is 10.1. The van der Waals surface area contributed by atoms with Crippen LogP contribution in [0, 0.1) is 12.3 Å². The first-order valence-electron chi connectivity index (χ1n) is 15.1.